The highest BCUT2D eigenvalue weighted by Gasteiger charge is 2.24. The molecule has 0 spiro atoms. The smallest absolute Gasteiger partial charge is 0.219 e. The van der Waals surface area contributed by atoms with Gasteiger partial charge in [0.05, 0.1) is 14.2 Å². The fourth-order valence-electron chi connectivity index (χ4n) is 4.09. The number of benzene rings is 1. The van der Waals surface area contributed by atoms with Crippen LogP contribution in [0.1, 0.15) is 13.3 Å². The average Bonchev–Trinajstić information content (AvgIpc) is 3.27. The Morgan fingerprint density at radius 3 is 2.31 bits per heavy atom. The molecule has 2 aliphatic rings. The summed E-state index contributed by atoms with van der Waals surface area (Å²) >= 11 is 0. The Bertz CT molecular complexity index is 748. The van der Waals surface area contributed by atoms with Crippen LogP contribution in [0.3, 0.4) is 0 Å². The number of carbonyl (C=O) groups excluding carboxylic acids is 1. The van der Waals surface area contributed by atoms with Crippen molar-refractivity contribution in [3.63, 3.8) is 0 Å². The zero-order chi connectivity index (χ0) is 22.2. The number of rotatable bonds is 7. The third-order valence-electron chi connectivity index (χ3n) is 5.99. The second-order valence-corrected chi connectivity index (χ2v) is 7.99. The van der Waals surface area contributed by atoms with E-state index in [1.165, 1.54) is 0 Å². The lowest BCUT2D eigenvalue weighted by molar-refractivity contribution is -0.130. The molecule has 32 heavy (non-hydrogen) atoms. The third kappa shape index (κ3) is 7.29. The lowest BCUT2D eigenvalue weighted by Gasteiger charge is -2.34. The summed E-state index contributed by atoms with van der Waals surface area (Å²) in [5.74, 6) is 2.59. The van der Waals surface area contributed by atoms with E-state index in [1.54, 1.807) is 28.2 Å². The van der Waals surface area contributed by atoms with Crippen molar-refractivity contribution in [1.82, 2.24) is 20.4 Å². The topological polar surface area (TPSA) is 81.7 Å². The van der Waals surface area contributed by atoms with Crippen LogP contribution in [0.4, 0.5) is 5.69 Å². The van der Waals surface area contributed by atoms with Crippen molar-refractivity contribution in [1.29, 1.82) is 0 Å². The van der Waals surface area contributed by atoms with Crippen LogP contribution >= 0.6 is 24.0 Å². The maximum atomic E-state index is 11.4. The zero-order valence-electron chi connectivity index (χ0n) is 19.6. The second-order valence-electron chi connectivity index (χ2n) is 7.99. The predicted octanol–water partition coefficient (Wildman–Crippen LogP) is 1.23. The Kier molecular flexibility index (Phi) is 10.6. The van der Waals surface area contributed by atoms with Crippen LogP contribution in [0.2, 0.25) is 0 Å². The Hall–Kier alpha value is -1.95. The minimum absolute atomic E-state index is 0. The zero-order valence-corrected chi connectivity index (χ0v) is 21.9. The normalized spacial score (nSPS) is 19.4. The molecular formula is C22H37IN6O3. The predicted molar refractivity (Wildman–Crippen MR) is 139 cm³/mol. The van der Waals surface area contributed by atoms with Crippen LogP contribution in [-0.2, 0) is 4.79 Å². The Balaban J connectivity index is 0.00000363. The van der Waals surface area contributed by atoms with Gasteiger partial charge in [-0.25, -0.2) is 0 Å². The highest BCUT2D eigenvalue weighted by Crippen LogP contribution is 2.30. The SMILES string of the molecule is CN=C(NCCN1CCN(C(C)=O)CC1)NC1CCN(c2cc(OC)cc(OC)c2)C1.I. The van der Waals surface area contributed by atoms with Gasteiger partial charge in [0, 0.05) is 96.3 Å². The van der Waals surface area contributed by atoms with Gasteiger partial charge in [-0.2, -0.15) is 0 Å². The number of halogens is 1. The van der Waals surface area contributed by atoms with E-state index in [0.29, 0.717) is 6.04 Å². The molecule has 2 heterocycles. The number of amides is 1. The molecular weight excluding hydrogens is 523 g/mol. The van der Waals surface area contributed by atoms with Gasteiger partial charge in [0.2, 0.25) is 5.91 Å². The van der Waals surface area contributed by atoms with Crippen molar-refractivity contribution in [2.24, 2.45) is 4.99 Å². The summed E-state index contributed by atoms with van der Waals surface area (Å²) in [5, 5.41) is 6.97. The standard InChI is InChI=1S/C22H36N6O3.HI/c1-17(29)27-11-9-26(10-12-27)8-6-24-22(23-2)25-18-5-7-28(16-18)19-13-20(30-3)15-21(14-19)31-4;/h13-15,18H,5-12,16H2,1-4H3,(H2,23,24,25);1H. The second kappa shape index (κ2) is 12.9. The molecule has 1 aromatic carbocycles. The first kappa shape index (κ1) is 26.3. The summed E-state index contributed by atoms with van der Waals surface area (Å²) in [6.45, 7) is 8.74. The fourth-order valence-corrected chi connectivity index (χ4v) is 4.09. The molecule has 0 saturated carbocycles. The van der Waals surface area contributed by atoms with Crippen LogP contribution in [0.25, 0.3) is 0 Å². The van der Waals surface area contributed by atoms with Gasteiger partial charge in [0.15, 0.2) is 5.96 Å². The maximum absolute atomic E-state index is 11.4. The van der Waals surface area contributed by atoms with E-state index in [0.717, 1.165) is 81.9 Å². The van der Waals surface area contributed by atoms with Gasteiger partial charge in [-0.15, -0.1) is 24.0 Å². The molecule has 0 aliphatic carbocycles. The minimum Gasteiger partial charge on any atom is -0.497 e. The fraction of sp³-hybridized carbons (Fsp3) is 0.636. The quantitative estimate of drug-likeness (QED) is 0.295. The van der Waals surface area contributed by atoms with Crippen molar-refractivity contribution in [3.05, 3.63) is 18.2 Å². The molecule has 9 nitrogen and oxygen atoms in total. The minimum atomic E-state index is 0. The molecule has 1 aromatic rings. The summed E-state index contributed by atoms with van der Waals surface area (Å²) in [6, 6.07) is 6.30. The molecule has 2 fully saturated rings. The van der Waals surface area contributed by atoms with Crippen molar-refractivity contribution in [2.45, 2.75) is 19.4 Å². The molecule has 0 aromatic heterocycles. The molecule has 2 N–H and O–H groups in total. The number of hydrogen-bond acceptors (Lipinski definition) is 6. The molecule has 0 radical (unpaired) electrons. The Labute approximate surface area is 208 Å². The molecule has 10 heteroatoms. The van der Waals surface area contributed by atoms with Crippen LogP contribution in [-0.4, -0.2) is 101 Å². The number of carbonyl (C=O) groups is 1. The molecule has 180 valence electrons. The number of piperazine rings is 1. The summed E-state index contributed by atoms with van der Waals surface area (Å²) in [5.41, 5.74) is 1.10. The molecule has 1 unspecified atom stereocenters. The number of hydrogen-bond donors (Lipinski definition) is 2. The van der Waals surface area contributed by atoms with Crippen molar-refractivity contribution in [3.8, 4) is 11.5 Å². The van der Waals surface area contributed by atoms with Crippen molar-refractivity contribution in [2.75, 3.05) is 78.5 Å². The van der Waals surface area contributed by atoms with Gasteiger partial charge >= 0.3 is 0 Å². The van der Waals surface area contributed by atoms with E-state index >= 15 is 0 Å². The first-order chi connectivity index (χ1) is 15.0. The van der Waals surface area contributed by atoms with E-state index in [1.807, 2.05) is 23.1 Å². The van der Waals surface area contributed by atoms with Gasteiger partial charge in [-0.05, 0) is 6.42 Å². The van der Waals surface area contributed by atoms with Crippen LogP contribution in [0.15, 0.2) is 23.2 Å². The third-order valence-corrected chi connectivity index (χ3v) is 5.99. The van der Waals surface area contributed by atoms with Gasteiger partial charge in [0.25, 0.3) is 0 Å². The number of aliphatic imine (C=N–C) groups is 1. The Morgan fingerprint density at radius 1 is 1.09 bits per heavy atom. The van der Waals surface area contributed by atoms with Crippen molar-refractivity contribution >= 4 is 41.5 Å². The molecule has 0 bridgehead atoms. The Morgan fingerprint density at radius 2 is 1.75 bits per heavy atom. The van der Waals surface area contributed by atoms with E-state index in [2.05, 4.69) is 25.4 Å². The monoisotopic (exact) mass is 560 g/mol. The van der Waals surface area contributed by atoms with Gasteiger partial charge in [-0.1, -0.05) is 0 Å². The first-order valence-corrected chi connectivity index (χ1v) is 11.0. The van der Waals surface area contributed by atoms with Crippen molar-refractivity contribution < 1.29 is 14.3 Å². The average molecular weight is 560 g/mol. The lowest BCUT2D eigenvalue weighted by atomic mass is 10.2. The maximum Gasteiger partial charge on any atom is 0.219 e. The summed E-state index contributed by atoms with van der Waals surface area (Å²) in [7, 11) is 5.15. The molecule has 2 saturated heterocycles. The number of methoxy groups -OCH3 is 2. The molecule has 3 rings (SSSR count). The van der Waals surface area contributed by atoms with Gasteiger partial charge in [-0.3, -0.25) is 14.7 Å². The molecule has 1 atom stereocenters. The first-order valence-electron chi connectivity index (χ1n) is 11.0. The number of nitrogens with zero attached hydrogens (tertiary/aromatic N) is 4. The van der Waals surface area contributed by atoms with E-state index in [9.17, 15) is 4.79 Å². The highest BCUT2D eigenvalue weighted by molar-refractivity contribution is 14.0. The van der Waals surface area contributed by atoms with Crippen LogP contribution in [0, 0.1) is 0 Å². The summed E-state index contributed by atoms with van der Waals surface area (Å²) < 4.78 is 10.8. The van der Waals surface area contributed by atoms with E-state index in [-0.39, 0.29) is 29.9 Å². The highest BCUT2D eigenvalue weighted by atomic mass is 127. The van der Waals surface area contributed by atoms with Gasteiger partial charge in [0.1, 0.15) is 11.5 Å². The number of nitrogens with one attached hydrogen (secondary N) is 2. The summed E-state index contributed by atoms with van der Waals surface area (Å²) in [4.78, 5) is 22.5. The van der Waals surface area contributed by atoms with Crippen LogP contribution in [0.5, 0.6) is 11.5 Å². The summed E-state index contributed by atoms with van der Waals surface area (Å²) in [6.07, 6.45) is 1.03. The van der Waals surface area contributed by atoms with Crippen LogP contribution < -0.4 is 25.0 Å². The largest absolute Gasteiger partial charge is 0.497 e. The number of ether oxygens (including phenoxy) is 2. The molecule has 1 amide bonds. The van der Waals surface area contributed by atoms with E-state index in [4.69, 9.17) is 9.47 Å². The number of anilines is 1. The lowest BCUT2D eigenvalue weighted by Crippen LogP contribution is -2.51. The van der Waals surface area contributed by atoms with E-state index < -0.39 is 0 Å². The number of guanidine groups is 1. The van der Waals surface area contributed by atoms with Gasteiger partial charge < -0.3 is 29.9 Å². The molecule has 2 aliphatic heterocycles.